The Morgan fingerprint density at radius 3 is 2.41 bits per heavy atom. The molecule has 3 aromatic carbocycles. The van der Waals surface area contributed by atoms with Crippen LogP contribution in [-0.2, 0) is 22.7 Å². The van der Waals surface area contributed by atoms with E-state index in [9.17, 15) is 21.6 Å². The number of aromatic nitrogens is 2. The fourth-order valence-electron chi connectivity index (χ4n) is 6.46. The van der Waals surface area contributed by atoms with E-state index in [-0.39, 0.29) is 35.9 Å². The second kappa shape index (κ2) is 14.6. The number of hydrogen-bond acceptors (Lipinski definition) is 8. The first-order chi connectivity index (χ1) is 23.2. The van der Waals surface area contributed by atoms with Crippen LogP contribution in [0.4, 0.5) is 29.1 Å². The highest BCUT2D eigenvalue weighted by Gasteiger charge is 2.39. The highest BCUT2D eigenvalue weighted by molar-refractivity contribution is 7.92. The number of rotatable bonds is 11. The van der Waals surface area contributed by atoms with Crippen molar-refractivity contribution >= 4 is 21.5 Å². The molecule has 1 fully saturated rings. The summed E-state index contributed by atoms with van der Waals surface area (Å²) in [5.41, 5.74) is 1.02. The van der Waals surface area contributed by atoms with Crippen LogP contribution in [0.2, 0.25) is 0 Å². The van der Waals surface area contributed by atoms with Gasteiger partial charge in [0.1, 0.15) is 34.4 Å². The van der Waals surface area contributed by atoms with Crippen molar-refractivity contribution in [2.24, 2.45) is 0 Å². The molecule has 262 valence electrons. The number of nitrogens with one attached hydrogen (secondary N) is 1. The number of aryl methyl sites for hydroxylation is 1. The molecule has 1 aliphatic carbocycles. The van der Waals surface area contributed by atoms with Crippen LogP contribution in [0.1, 0.15) is 47.4 Å². The summed E-state index contributed by atoms with van der Waals surface area (Å²) in [5, 5.41) is 3.38. The van der Waals surface area contributed by atoms with E-state index >= 15 is 4.39 Å². The molecule has 1 aliphatic rings. The molecular formula is C35H39F4N5O4S. The molecule has 9 nitrogen and oxygen atoms in total. The van der Waals surface area contributed by atoms with Crippen LogP contribution in [0.15, 0.2) is 78.1 Å². The number of benzene rings is 3. The number of sulfonamides is 1. The first-order valence-corrected chi connectivity index (χ1v) is 17.1. The lowest BCUT2D eigenvalue weighted by molar-refractivity contribution is -0.138. The molecule has 3 atom stereocenters. The Morgan fingerprint density at radius 1 is 1.00 bits per heavy atom. The van der Waals surface area contributed by atoms with E-state index in [1.807, 2.05) is 19.0 Å². The van der Waals surface area contributed by atoms with Gasteiger partial charge in [0.2, 0.25) is 0 Å². The SMILES string of the molecule is COc1ccc(CN(c2ccncn2)S(=O)(=O)c2cc(C)c(NC3CCC(c4ccccc4C(F)(F)F)CC3N(C)C)cc2F)c(OC)c1. The minimum Gasteiger partial charge on any atom is -0.497 e. The molecule has 14 heteroatoms. The van der Waals surface area contributed by atoms with Crippen molar-refractivity contribution in [3.8, 4) is 11.5 Å². The first-order valence-electron chi connectivity index (χ1n) is 15.6. The molecule has 0 aliphatic heterocycles. The summed E-state index contributed by atoms with van der Waals surface area (Å²) in [6, 6.07) is 14.1. The van der Waals surface area contributed by atoms with Crippen LogP contribution in [-0.4, -0.2) is 63.7 Å². The maximum absolute atomic E-state index is 16.0. The molecule has 1 aromatic heterocycles. The number of anilines is 2. The molecule has 3 unspecified atom stereocenters. The number of nitrogens with zero attached hydrogens (tertiary/aromatic N) is 4. The monoisotopic (exact) mass is 701 g/mol. The van der Waals surface area contributed by atoms with Crippen LogP contribution in [0, 0.1) is 12.7 Å². The summed E-state index contributed by atoms with van der Waals surface area (Å²) in [6.07, 6.45) is -0.399. The summed E-state index contributed by atoms with van der Waals surface area (Å²) in [4.78, 5) is 9.45. The Bertz CT molecular complexity index is 1880. The van der Waals surface area contributed by atoms with Gasteiger partial charge in [-0.25, -0.2) is 27.1 Å². The minimum atomic E-state index is -4.52. The van der Waals surface area contributed by atoms with E-state index in [2.05, 4.69) is 15.3 Å². The smallest absolute Gasteiger partial charge is 0.416 e. The van der Waals surface area contributed by atoms with Crippen molar-refractivity contribution in [2.75, 3.05) is 37.9 Å². The third-order valence-corrected chi connectivity index (χ3v) is 10.8. The van der Waals surface area contributed by atoms with Crippen LogP contribution in [0.25, 0.3) is 0 Å². The summed E-state index contributed by atoms with van der Waals surface area (Å²) < 4.78 is 97.6. The average Bonchev–Trinajstić information content (AvgIpc) is 3.08. The molecule has 4 aromatic rings. The van der Waals surface area contributed by atoms with Crippen molar-refractivity contribution in [1.82, 2.24) is 14.9 Å². The van der Waals surface area contributed by atoms with Gasteiger partial charge in [0.25, 0.3) is 10.0 Å². The summed E-state index contributed by atoms with van der Waals surface area (Å²) in [5.74, 6) is -0.367. The van der Waals surface area contributed by atoms with Gasteiger partial charge in [-0.1, -0.05) is 18.2 Å². The van der Waals surface area contributed by atoms with Crippen LogP contribution < -0.4 is 19.1 Å². The fourth-order valence-corrected chi connectivity index (χ4v) is 8.00. The molecule has 0 saturated heterocycles. The highest BCUT2D eigenvalue weighted by Crippen LogP contribution is 2.42. The lowest BCUT2D eigenvalue weighted by Gasteiger charge is -2.41. The number of methoxy groups -OCH3 is 2. The molecule has 1 heterocycles. The Kier molecular flexibility index (Phi) is 10.7. The maximum Gasteiger partial charge on any atom is 0.416 e. The summed E-state index contributed by atoms with van der Waals surface area (Å²) in [7, 11) is 2.15. The molecule has 0 amide bonds. The Balaban J connectivity index is 1.43. The number of halogens is 4. The lowest BCUT2D eigenvalue weighted by atomic mass is 9.76. The van der Waals surface area contributed by atoms with Crippen LogP contribution in [0.3, 0.4) is 0 Å². The van der Waals surface area contributed by atoms with Crippen molar-refractivity contribution in [3.63, 3.8) is 0 Å². The standard InChI is InChI=1S/C35H39F4N5O4S/c1-22-16-33(49(45,46)44(34-14-15-40-21-41-34)20-24-10-12-25(47-4)18-32(24)48-5)28(36)19-30(22)42-29-13-11-23(17-31(29)43(2)3)26-8-6-7-9-27(26)35(37,38)39/h6-10,12,14-16,18-19,21,23,29,31,42H,11,13,17,20H2,1-5H3. The molecule has 5 rings (SSSR count). The predicted molar refractivity (Wildman–Crippen MR) is 179 cm³/mol. The van der Waals surface area contributed by atoms with E-state index in [0.717, 1.165) is 16.4 Å². The Morgan fingerprint density at radius 2 is 1.76 bits per heavy atom. The zero-order valence-corrected chi connectivity index (χ0v) is 28.6. The zero-order chi connectivity index (χ0) is 35.5. The molecular weight excluding hydrogens is 662 g/mol. The largest absolute Gasteiger partial charge is 0.497 e. The minimum absolute atomic E-state index is 0.0322. The van der Waals surface area contributed by atoms with Crippen LogP contribution >= 0.6 is 0 Å². The van der Waals surface area contributed by atoms with Crippen molar-refractivity contribution < 1.29 is 35.5 Å². The van der Waals surface area contributed by atoms with Gasteiger partial charge in [-0.3, -0.25) is 0 Å². The van der Waals surface area contributed by atoms with Gasteiger partial charge in [0.15, 0.2) is 0 Å². The molecule has 0 bridgehead atoms. The lowest BCUT2D eigenvalue weighted by Crippen LogP contribution is -2.47. The first kappa shape index (κ1) is 35.9. The van der Waals surface area contributed by atoms with E-state index in [1.54, 1.807) is 37.3 Å². The summed E-state index contributed by atoms with van der Waals surface area (Å²) >= 11 is 0. The van der Waals surface area contributed by atoms with E-state index in [0.29, 0.717) is 47.6 Å². The maximum atomic E-state index is 16.0. The number of ether oxygens (including phenoxy) is 2. The van der Waals surface area contributed by atoms with Gasteiger partial charge >= 0.3 is 6.18 Å². The number of alkyl halides is 3. The van der Waals surface area contributed by atoms with E-state index in [1.165, 1.54) is 44.9 Å². The van der Waals surface area contributed by atoms with Gasteiger partial charge in [-0.15, -0.1) is 0 Å². The van der Waals surface area contributed by atoms with E-state index in [4.69, 9.17) is 9.47 Å². The van der Waals surface area contributed by atoms with Crippen molar-refractivity contribution in [3.05, 3.63) is 101 Å². The van der Waals surface area contributed by atoms with Gasteiger partial charge in [0.05, 0.1) is 26.3 Å². The Hall–Kier alpha value is -4.43. The Labute approximate surface area is 283 Å². The second-order valence-corrected chi connectivity index (χ2v) is 14.1. The third kappa shape index (κ3) is 7.75. The van der Waals surface area contributed by atoms with Gasteiger partial charge in [-0.2, -0.15) is 13.2 Å². The third-order valence-electron chi connectivity index (χ3n) is 9.00. The van der Waals surface area contributed by atoms with Crippen molar-refractivity contribution in [1.29, 1.82) is 0 Å². The highest BCUT2D eigenvalue weighted by atomic mass is 32.2. The topological polar surface area (TPSA) is 96.9 Å². The molecule has 1 N–H and O–H groups in total. The van der Waals surface area contributed by atoms with Crippen molar-refractivity contribution in [2.45, 2.75) is 61.8 Å². The van der Waals surface area contributed by atoms with E-state index < -0.39 is 32.5 Å². The normalized spacial score (nSPS) is 18.3. The predicted octanol–water partition coefficient (Wildman–Crippen LogP) is 7.03. The summed E-state index contributed by atoms with van der Waals surface area (Å²) in [6.45, 7) is 1.45. The van der Waals surface area contributed by atoms with Gasteiger partial charge in [0, 0.05) is 41.7 Å². The number of hydrogen-bond donors (Lipinski definition) is 1. The molecule has 0 spiro atoms. The van der Waals surface area contributed by atoms with Gasteiger partial charge < -0.3 is 19.7 Å². The molecule has 0 radical (unpaired) electrons. The van der Waals surface area contributed by atoms with Crippen LogP contribution in [0.5, 0.6) is 11.5 Å². The fraction of sp³-hybridized carbons (Fsp3) is 0.371. The zero-order valence-electron chi connectivity index (χ0n) is 27.8. The molecule has 49 heavy (non-hydrogen) atoms. The van der Waals surface area contributed by atoms with Gasteiger partial charge in [-0.05, 0) is 87.7 Å². The number of likely N-dealkylation sites (N-methyl/N-ethyl adjacent to an activating group) is 1. The quantitative estimate of drug-likeness (QED) is 0.167. The average molecular weight is 702 g/mol. The molecule has 1 saturated carbocycles. The second-order valence-electron chi connectivity index (χ2n) is 12.2.